The molecule has 1 rings (SSSR count). The number of aromatic nitrogens is 2. The molecule has 4 nitrogen and oxygen atoms in total. The van der Waals surface area contributed by atoms with Gasteiger partial charge in [-0.15, -0.1) is 0 Å². The van der Waals surface area contributed by atoms with Crippen molar-refractivity contribution in [1.82, 2.24) is 15.1 Å². The standard InChI is InChI=1S/C9H15N3O/c1-5-12(4)9(13)8-6(2)7(3)10-11-8/h5H2,1-4H3,(H,10,11). The Balaban J connectivity index is 2.95. The fourth-order valence-electron chi connectivity index (χ4n) is 1.02. The maximum absolute atomic E-state index is 11.7. The lowest BCUT2D eigenvalue weighted by molar-refractivity contribution is 0.0796. The summed E-state index contributed by atoms with van der Waals surface area (Å²) in [5, 5.41) is 6.77. The molecule has 0 fully saturated rings. The van der Waals surface area contributed by atoms with Gasteiger partial charge in [-0.2, -0.15) is 5.10 Å². The van der Waals surface area contributed by atoms with E-state index in [0.717, 1.165) is 11.3 Å². The second kappa shape index (κ2) is 3.60. The van der Waals surface area contributed by atoms with Crippen molar-refractivity contribution in [3.05, 3.63) is 17.0 Å². The van der Waals surface area contributed by atoms with E-state index in [2.05, 4.69) is 10.2 Å². The molecule has 0 aliphatic carbocycles. The predicted octanol–water partition coefficient (Wildman–Crippen LogP) is 1.12. The zero-order chi connectivity index (χ0) is 10.0. The maximum atomic E-state index is 11.7. The van der Waals surface area contributed by atoms with Crippen LogP contribution in [-0.4, -0.2) is 34.6 Å². The number of aromatic amines is 1. The normalized spacial score (nSPS) is 10.2. The Morgan fingerprint density at radius 3 is 2.54 bits per heavy atom. The number of hydrogen-bond donors (Lipinski definition) is 1. The molecule has 0 saturated carbocycles. The summed E-state index contributed by atoms with van der Waals surface area (Å²) in [5.74, 6) is -0.0237. The van der Waals surface area contributed by atoms with Gasteiger partial charge in [0.25, 0.3) is 5.91 Å². The minimum atomic E-state index is -0.0237. The number of carbonyl (C=O) groups is 1. The second-order valence-electron chi connectivity index (χ2n) is 3.14. The van der Waals surface area contributed by atoms with Crippen molar-refractivity contribution in [2.24, 2.45) is 0 Å². The van der Waals surface area contributed by atoms with Gasteiger partial charge in [0.05, 0.1) is 0 Å². The largest absolute Gasteiger partial charge is 0.341 e. The third-order valence-electron chi connectivity index (χ3n) is 2.28. The maximum Gasteiger partial charge on any atom is 0.274 e. The molecule has 13 heavy (non-hydrogen) atoms. The van der Waals surface area contributed by atoms with Crippen LogP contribution in [0.4, 0.5) is 0 Å². The van der Waals surface area contributed by atoms with Crippen LogP contribution in [0.1, 0.15) is 28.7 Å². The van der Waals surface area contributed by atoms with Crippen LogP contribution in [0, 0.1) is 13.8 Å². The van der Waals surface area contributed by atoms with Gasteiger partial charge in [-0.25, -0.2) is 0 Å². The van der Waals surface area contributed by atoms with Crippen LogP contribution in [0.5, 0.6) is 0 Å². The molecule has 1 amide bonds. The van der Waals surface area contributed by atoms with E-state index in [4.69, 9.17) is 0 Å². The molecule has 0 unspecified atom stereocenters. The molecule has 0 aliphatic heterocycles. The molecule has 1 aromatic rings. The molecule has 0 atom stereocenters. The van der Waals surface area contributed by atoms with Crippen molar-refractivity contribution >= 4 is 5.91 Å². The molecule has 1 heterocycles. The topological polar surface area (TPSA) is 49.0 Å². The number of hydrogen-bond acceptors (Lipinski definition) is 2. The molecular formula is C9H15N3O. The zero-order valence-corrected chi connectivity index (χ0v) is 8.51. The van der Waals surface area contributed by atoms with Crippen molar-refractivity contribution in [3.8, 4) is 0 Å². The first-order chi connectivity index (χ1) is 6.07. The van der Waals surface area contributed by atoms with Gasteiger partial charge in [0.1, 0.15) is 0 Å². The highest BCUT2D eigenvalue weighted by molar-refractivity contribution is 5.93. The highest BCUT2D eigenvalue weighted by Crippen LogP contribution is 2.09. The molecule has 0 aromatic carbocycles. The Morgan fingerprint density at radius 2 is 2.15 bits per heavy atom. The SMILES string of the molecule is CCN(C)C(=O)c1n[nH]c(C)c1C. The molecule has 0 bridgehead atoms. The minimum absolute atomic E-state index is 0.0237. The summed E-state index contributed by atoms with van der Waals surface area (Å²) in [6.07, 6.45) is 0. The van der Waals surface area contributed by atoms with Gasteiger partial charge < -0.3 is 4.90 Å². The molecule has 0 spiro atoms. The van der Waals surface area contributed by atoms with E-state index in [9.17, 15) is 4.79 Å². The minimum Gasteiger partial charge on any atom is -0.341 e. The summed E-state index contributed by atoms with van der Waals surface area (Å²) in [5.41, 5.74) is 2.42. The van der Waals surface area contributed by atoms with Gasteiger partial charge >= 0.3 is 0 Å². The summed E-state index contributed by atoms with van der Waals surface area (Å²) < 4.78 is 0. The summed E-state index contributed by atoms with van der Waals surface area (Å²) in [6.45, 7) is 6.44. The summed E-state index contributed by atoms with van der Waals surface area (Å²) in [7, 11) is 1.77. The lowest BCUT2D eigenvalue weighted by atomic mass is 10.2. The quantitative estimate of drug-likeness (QED) is 0.743. The van der Waals surface area contributed by atoms with Gasteiger partial charge in [-0.3, -0.25) is 9.89 Å². The lowest BCUT2D eigenvalue weighted by Crippen LogP contribution is -2.27. The first-order valence-corrected chi connectivity index (χ1v) is 4.35. The van der Waals surface area contributed by atoms with Crippen LogP contribution in [-0.2, 0) is 0 Å². The van der Waals surface area contributed by atoms with Crippen LogP contribution < -0.4 is 0 Å². The van der Waals surface area contributed by atoms with Crippen molar-refractivity contribution < 1.29 is 4.79 Å². The molecule has 0 radical (unpaired) electrons. The first-order valence-electron chi connectivity index (χ1n) is 4.35. The molecule has 0 saturated heterocycles. The van der Waals surface area contributed by atoms with E-state index in [0.29, 0.717) is 12.2 Å². The summed E-state index contributed by atoms with van der Waals surface area (Å²) >= 11 is 0. The number of nitrogens with one attached hydrogen (secondary N) is 1. The first kappa shape index (κ1) is 9.77. The van der Waals surface area contributed by atoms with Gasteiger partial charge in [0.15, 0.2) is 5.69 Å². The highest BCUT2D eigenvalue weighted by atomic mass is 16.2. The molecule has 1 N–H and O–H groups in total. The van der Waals surface area contributed by atoms with Gasteiger partial charge in [-0.1, -0.05) is 0 Å². The number of aryl methyl sites for hydroxylation is 1. The highest BCUT2D eigenvalue weighted by Gasteiger charge is 2.16. The van der Waals surface area contributed by atoms with Gasteiger partial charge in [0.2, 0.25) is 0 Å². The van der Waals surface area contributed by atoms with Gasteiger partial charge in [-0.05, 0) is 20.8 Å². The zero-order valence-electron chi connectivity index (χ0n) is 8.51. The molecule has 0 aliphatic rings. The smallest absolute Gasteiger partial charge is 0.274 e. The number of amides is 1. The lowest BCUT2D eigenvalue weighted by Gasteiger charge is -2.12. The monoisotopic (exact) mass is 181 g/mol. The molecule has 1 aromatic heterocycles. The third kappa shape index (κ3) is 1.71. The van der Waals surface area contributed by atoms with Crippen LogP contribution in [0.2, 0.25) is 0 Å². The van der Waals surface area contributed by atoms with Crippen LogP contribution in [0.15, 0.2) is 0 Å². The Morgan fingerprint density at radius 1 is 1.54 bits per heavy atom. The Kier molecular flexibility index (Phi) is 2.70. The molecule has 72 valence electrons. The number of H-pyrrole nitrogens is 1. The van der Waals surface area contributed by atoms with E-state index in [1.807, 2.05) is 20.8 Å². The average Bonchev–Trinajstić information content (AvgIpc) is 2.45. The van der Waals surface area contributed by atoms with Crippen molar-refractivity contribution in [3.63, 3.8) is 0 Å². The Hall–Kier alpha value is -1.32. The number of nitrogens with zero attached hydrogens (tertiary/aromatic N) is 2. The van der Waals surface area contributed by atoms with Crippen molar-refractivity contribution in [2.75, 3.05) is 13.6 Å². The predicted molar refractivity (Wildman–Crippen MR) is 50.7 cm³/mol. The third-order valence-corrected chi connectivity index (χ3v) is 2.28. The van der Waals surface area contributed by atoms with E-state index in [1.54, 1.807) is 11.9 Å². The fraction of sp³-hybridized carbons (Fsp3) is 0.556. The van der Waals surface area contributed by atoms with Crippen LogP contribution in [0.25, 0.3) is 0 Å². The van der Waals surface area contributed by atoms with Crippen molar-refractivity contribution in [2.45, 2.75) is 20.8 Å². The van der Waals surface area contributed by atoms with E-state index < -0.39 is 0 Å². The summed E-state index contributed by atoms with van der Waals surface area (Å²) in [6, 6.07) is 0. The van der Waals surface area contributed by atoms with Gasteiger partial charge in [0, 0.05) is 24.8 Å². The Labute approximate surface area is 77.9 Å². The van der Waals surface area contributed by atoms with E-state index in [-0.39, 0.29) is 5.91 Å². The van der Waals surface area contributed by atoms with E-state index in [1.165, 1.54) is 0 Å². The van der Waals surface area contributed by atoms with Crippen molar-refractivity contribution in [1.29, 1.82) is 0 Å². The van der Waals surface area contributed by atoms with Crippen LogP contribution >= 0.6 is 0 Å². The molecular weight excluding hydrogens is 166 g/mol. The number of carbonyl (C=O) groups excluding carboxylic acids is 1. The number of rotatable bonds is 2. The van der Waals surface area contributed by atoms with Crippen LogP contribution in [0.3, 0.4) is 0 Å². The average molecular weight is 181 g/mol. The summed E-state index contributed by atoms with van der Waals surface area (Å²) in [4.78, 5) is 13.3. The van der Waals surface area contributed by atoms with E-state index >= 15 is 0 Å². The Bertz CT molecular complexity index is 317. The second-order valence-corrected chi connectivity index (χ2v) is 3.14. The fourth-order valence-corrected chi connectivity index (χ4v) is 1.02. The molecule has 4 heteroatoms.